The highest BCUT2D eigenvalue weighted by Gasteiger charge is 2.25. The van der Waals surface area contributed by atoms with Crippen LogP contribution in [0, 0.1) is 6.92 Å². The number of carbonyl (C=O) groups is 1. The van der Waals surface area contributed by atoms with Crippen molar-refractivity contribution >= 4 is 16.8 Å². The zero-order valence-electron chi connectivity index (χ0n) is 9.17. The minimum Gasteiger partial charge on any atom is -0.480 e. The molecule has 16 heavy (non-hydrogen) atoms. The number of methoxy groups -OCH3 is 1. The largest absolute Gasteiger partial charge is 0.480 e. The molecule has 0 aromatic heterocycles. The third kappa shape index (κ3) is 3.15. The second-order valence-electron chi connectivity index (χ2n) is 3.39. The lowest BCUT2D eigenvalue weighted by Gasteiger charge is -2.11. The van der Waals surface area contributed by atoms with Crippen molar-refractivity contribution in [2.24, 2.45) is 0 Å². The lowest BCUT2D eigenvalue weighted by molar-refractivity contribution is -0.137. The van der Waals surface area contributed by atoms with Crippen LogP contribution in [-0.4, -0.2) is 34.3 Å². The Morgan fingerprint density at radius 3 is 2.44 bits per heavy atom. The van der Waals surface area contributed by atoms with E-state index in [1.54, 1.807) is 24.3 Å². The SMILES string of the molecule is COCC(C(=O)O)S(=O)c1ccc(C)cc1. The lowest BCUT2D eigenvalue weighted by atomic mass is 10.2. The first-order valence-electron chi connectivity index (χ1n) is 4.75. The summed E-state index contributed by atoms with van der Waals surface area (Å²) in [4.78, 5) is 11.4. The van der Waals surface area contributed by atoms with Gasteiger partial charge in [0.05, 0.1) is 17.4 Å². The molecule has 0 aliphatic heterocycles. The van der Waals surface area contributed by atoms with Crippen LogP contribution >= 0.6 is 0 Å². The Kier molecular flexibility index (Phi) is 4.64. The van der Waals surface area contributed by atoms with Gasteiger partial charge in [0, 0.05) is 12.0 Å². The van der Waals surface area contributed by atoms with Gasteiger partial charge in [-0.05, 0) is 19.1 Å². The van der Waals surface area contributed by atoms with E-state index in [4.69, 9.17) is 9.84 Å². The maximum absolute atomic E-state index is 11.9. The Balaban J connectivity index is 2.90. The fraction of sp³-hybridized carbons (Fsp3) is 0.364. The molecule has 0 aliphatic rings. The molecule has 1 N–H and O–H groups in total. The van der Waals surface area contributed by atoms with Crippen LogP contribution in [0.25, 0.3) is 0 Å². The summed E-state index contributed by atoms with van der Waals surface area (Å²) in [5.74, 6) is -1.11. The maximum atomic E-state index is 11.9. The normalized spacial score (nSPS) is 14.4. The first-order chi connectivity index (χ1) is 7.56. The summed E-state index contributed by atoms with van der Waals surface area (Å²) in [6.45, 7) is 1.85. The van der Waals surface area contributed by atoms with Gasteiger partial charge in [-0.1, -0.05) is 17.7 Å². The Hall–Kier alpha value is -1.20. The summed E-state index contributed by atoms with van der Waals surface area (Å²) >= 11 is 0. The average Bonchev–Trinajstić information content (AvgIpc) is 2.25. The lowest BCUT2D eigenvalue weighted by Crippen LogP contribution is -2.30. The summed E-state index contributed by atoms with van der Waals surface area (Å²) in [5.41, 5.74) is 1.04. The molecule has 0 spiro atoms. The third-order valence-electron chi connectivity index (χ3n) is 2.11. The van der Waals surface area contributed by atoms with Crippen LogP contribution < -0.4 is 0 Å². The van der Waals surface area contributed by atoms with Gasteiger partial charge in [-0.25, -0.2) is 0 Å². The minimum atomic E-state index is -1.58. The average molecular weight is 242 g/mol. The van der Waals surface area contributed by atoms with E-state index in [-0.39, 0.29) is 6.61 Å². The van der Waals surface area contributed by atoms with E-state index in [1.165, 1.54) is 7.11 Å². The maximum Gasteiger partial charge on any atom is 0.322 e. The molecule has 0 bridgehead atoms. The number of carboxylic acids is 1. The van der Waals surface area contributed by atoms with Gasteiger partial charge in [-0.2, -0.15) is 0 Å². The topological polar surface area (TPSA) is 63.6 Å². The summed E-state index contributed by atoms with van der Waals surface area (Å²) < 4.78 is 16.7. The van der Waals surface area contributed by atoms with Crippen molar-refractivity contribution in [1.29, 1.82) is 0 Å². The molecule has 0 aliphatic carbocycles. The zero-order valence-corrected chi connectivity index (χ0v) is 9.99. The van der Waals surface area contributed by atoms with Gasteiger partial charge < -0.3 is 9.84 Å². The Morgan fingerprint density at radius 1 is 1.44 bits per heavy atom. The molecular weight excluding hydrogens is 228 g/mol. The van der Waals surface area contributed by atoms with Gasteiger partial charge in [0.1, 0.15) is 0 Å². The predicted octanol–water partition coefficient (Wildman–Crippen LogP) is 1.20. The standard InChI is InChI=1S/C11H14O4S/c1-8-3-5-9(6-4-8)16(14)10(7-15-2)11(12)13/h3-6,10H,7H2,1-2H3,(H,12,13). The Bertz CT molecular complexity index is 385. The summed E-state index contributed by atoms with van der Waals surface area (Å²) in [6, 6.07) is 6.96. The van der Waals surface area contributed by atoms with Crippen molar-refractivity contribution in [3.8, 4) is 0 Å². The van der Waals surface area contributed by atoms with Gasteiger partial charge in [-0.15, -0.1) is 0 Å². The van der Waals surface area contributed by atoms with E-state index < -0.39 is 22.0 Å². The van der Waals surface area contributed by atoms with Crippen LogP contribution in [-0.2, 0) is 20.3 Å². The van der Waals surface area contributed by atoms with Crippen molar-refractivity contribution in [1.82, 2.24) is 0 Å². The molecule has 0 amide bonds. The van der Waals surface area contributed by atoms with Crippen molar-refractivity contribution in [3.63, 3.8) is 0 Å². The highest BCUT2D eigenvalue weighted by Crippen LogP contribution is 2.13. The Morgan fingerprint density at radius 2 is 2.00 bits per heavy atom. The zero-order chi connectivity index (χ0) is 12.1. The van der Waals surface area contributed by atoms with Crippen LogP contribution in [0.1, 0.15) is 5.56 Å². The minimum absolute atomic E-state index is 0.0597. The molecule has 88 valence electrons. The number of ether oxygens (including phenoxy) is 1. The van der Waals surface area contributed by atoms with Gasteiger partial charge in [0.15, 0.2) is 5.25 Å². The highest BCUT2D eigenvalue weighted by atomic mass is 32.2. The van der Waals surface area contributed by atoms with E-state index in [0.29, 0.717) is 4.90 Å². The van der Waals surface area contributed by atoms with Crippen LogP contribution in [0.5, 0.6) is 0 Å². The molecule has 0 saturated carbocycles. The first-order valence-corrected chi connectivity index (χ1v) is 5.96. The van der Waals surface area contributed by atoms with Crippen molar-refractivity contribution in [3.05, 3.63) is 29.8 Å². The molecule has 0 fully saturated rings. The van der Waals surface area contributed by atoms with Gasteiger partial charge in [0.25, 0.3) is 0 Å². The van der Waals surface area contributed by atoms with Crippen molar-refractivity contribution in [2.75, 3.05) is 13.7 Å². The summed E-state index contributed by atoms with van der Waals surface area (Å²) in [7, 11) is -0.193. The molecular formula is C11H14O4S. The number of benzene rings is 1. The number of aliphatic carboxylic acids is 1. The highest BCUT2D eigenvalue weighted by molar-refractivity contribution is 7.86. The molecule has 0 radical (unpaired) electrons. The molecule has 0 heterocycles. The quantitative estimate of drug-likeness (QED) is 0.842. The second kappa shape index (κ2) is 5.77. The fourth-order valence-corrected chi connectivity index (χ4v) is 2.39. The number of carboxylic acid groups (broad SMARTS) is 1. The van der Waals surface area contributed by atoms with Crippen molar-refractivity contribution in [2.45, 2.75) is 17.1 Å². The van der Waals surface area contributed by atoms with Crippen LogP contribution in [0.4, 0.5) is 0 Å². The van der Waals surface area contributed by atoms with E-state index >= 15 is 0 Å². The smallest absolute Gasteiger partial charge is 0.322 e. The molecule has 1 rings (SSSR count). The van der Waals surface area contributed by atoms with Gasteiger partial charge >= 0.3 is 5.97 Å². The predicted molar refractivity (Wildman–Crippen MR) is 60.9 cm³/mol. The summed E-state index contributed by atoms with van der Waals surface area (Å²) in [5, 5.41) is 7.90. The molecule has 2 unspecified atom stereocenters. The number of rotatable bonds is 5. The number of hydrogen-bond donors (Lipinski definition) is 1. The van der Waals surface area contributed by atoms with Crippen LogP contribution in [0.3, 0.4) is 0 Å². The molecule has 4 nitrogen and oxygen atoms in total. The first kappa shape index (κ1) is 12.9. The molecule has 0 saturated heterocycles. The molecule has 1 aromatic rings. The van der Waals surface area contributed by atoms with E-state index in [9.17, 15) is 9.00 Å². The Labute approximate surface area is 96.7 Å². The second-order valence-corrected chi connectivity index (χ2v) is 5.03. The van der Waals surface area contributed by atoms with Gasteiger partial charge in [0.2, 0.25) is 0 Å². The molecule has 5 heteroatoms. The molecule has 1 aromatic carbocycles. The van der Waals surface area contributed by atoms with Gasteiger partial charge in [-0.3, -0.25) is 9.00 Å². The fourth-order valence-electron chi connectivity index (χ4n) is 1.21. The monoisotopic (exact) mass is 242 g/mol. The van der Waals surface area contributed by atoms with Crippen molar-refractivity contribution < 1.29 is 18.8 Å². The molecule has 2 atom stereocenters. The number of hydrogen-bond acceptors (Lipinski definition) is 3. The van der Waals surface area contributed by atoms with E-state index in [2.05, 4.69) is 0 Å². The van der Waals surface area contributed by atoms with E-state index in [1.807, 2.05) is 6.92 Å². The third-order valence-corrected chi connectivity index (χ3v) is 3.70. The summed E-state index contributed by atoms with van der Waals surface area (Å²) in [6.07, 6.45) is 0. The van der Waals surface area contributed by atoms with E-state index in [0.717, 1.165) is 5.56 Å². The van der Waals surface area contributed by atoms with Crippen LogP contribution in [0.15, 0.2) is 29.2 Å². The van der Waals surface area contributed by atoms with Crippen LogP contribution in [0.2, 0.25) is 0 Å². The number of aryl methyl sites for hydroxylation is 1.